The van der Waals surface area contributed by atoms with Crippen LogP contribution in [0.25, 0.3) is 0 Å². The van der Waals surface area contributed by atoms with Crippen LogP contribution in [-0.4, -0.2) is 24.4 Å². The van der Waals surface area contributed by atoms with Crippen molar-refractivity contribution < 1.29 is 9.59 Å². The molecule has 0 aromatic heterocycles. The van der Waals surface area contributed by atoms with Gasteiger partial charge >= 0.3 is 0 Å². The van der Waals surface area contributed by atoms with E-state index in [2.05, 4.69) is 10.6 Å². The summed E-state index contributed by atoms with van der Waals surface area (Å²) in [7, 11) is 0. The van der Waals surface area contributed by atoms with Gasteiger partial charge < -0.3 is 10.2 Å². The topological polar surface area (TPSA) is 61.4 Å². The third-order valence-electron chi connectivity index (χ3n) is 5.15. The van der Waals surface area contributed by atoms with Crippen molar-refractivity contribution in [1.82, 2.24) is 10.6 Å². The zero-order valence-electron chi connectivity index (χ0n) is 15.4. The Balaban J connectivity index is 1.42. The van der Waals surface area contributed by atoms with Crippen LogP contribution in [0, 0.1) is 0 Å². The number of nitrogens with zero attached hydrogens (tertiary/aromatic N) is 1. The minimum atomic E-state index is -0.369. The van der Waals surface area contributed by atoms with Gasteiger partial charge in [0.15, 0.2) is 0 Å². The number of nitrogens with one attached hydrogen (secondary N) is 2. The molecule has 4 rings (SSSR count). The minimum absolute atomic E-state index is 0.0305. The molecule has 5 nitrogen and oxygen atoms in total. The number of rotatable bonds is 7. The molecule has 0 unspecified atom stereocenters. The van der Waals surface area contributed by atoms with E-state index in [-0.39, 0.29) is 17.9 Å². The average Bonchev–Trinajstić information content (AvgIpc) is 3.41. The van der Waals surface area contributed by atoms with Crippen LogP contribution in [0.1, 0.15) is 42.9 Å². The number of benzene rings is 2. The fourth-order valence-electron chi connectivity index (χ4n) is 3.45. The van der Waals surface area contributed by atoms with Gasteiger partial charge in [0.25, 0.3) is 0 Å². The summed E-state index contributed by atoms with van der Waals surface area (Å²) in [4.78, 5) is 26.4. The lowest BCUT2D eigenvalue weighted by atomic mass is 10.1. The van der Waals surface area contributed by atoms with Gasteiger partial charge in [0.05, 0.1) is 0 Å². The molecule has 1 aliphatic carbocycles. The van der Waals surface area contributed by atoms with Crippen molar-refractivity contribution >= 4 is 17.5 Å². The molecular formula is C22H25N3O2. The van der Waals surface area contributed by atoms with E-state index in [0.29, 0.717) is 19.0 Å². The molecule has 1 saturated heterocycles. The second kappa shape index (κ2) is 7.92. The third kappa shape index (κ3) is 4.37. The molecule has 1 heterocycles. The number of anilines is 1. The Morgan fingerprint density at radius 3 is 2.44 bits per heavy atom. The standard InChI is InChI=1S/C22H25N3O2/c26-20-7-4-14-25(20)19-12-8-16(9-13-19)15-23-21(17-5-2-1-3-6-17)22(27)24-18-10-11-18/h1-3,5-6,8-9,12-13,18,21,23H,4,7,10-11,14-15H2,(H,24,27)/t21-/m0/s1. The van der Waals surface area contributed by atoms with Crippen LogP contribution in [0.15, 0.2) is 54.6 Å². The molecule has 0 radical (unpaired) electrons. The third-order valence-corrected chi connectivity index (χ3v) is 5.15. The Morgan fingerprint density at radius 2 is 1.81 bits per heavy atom. The molecule has 1 saturated carbocycles. The lowest BCUT2D eigenvalue weighted by molar-refractivity contribution is -0.123. The minimum Gasteiger partial charge on any atom is -0.352 e. The summed E-state index contributed by atoms with van der Waals surface area (Å²) in [5.41, 5.74) is 3.01. The van der Waals surface area contributed by atoms with Crippen LogP contribution in [0.3, 0.4) is 0 Å². The molecule has 27 heavy (non-hydrogen) atoms. The Morgan fingerprint density at radius 1 is 1.07 bits per heavy atom. The van der Waals surface area contributed by atoms with Gasteiger partial charge in [0.1, 0.15) is 6.04 Å². The molecule has 140 valence electrons. The molecule has 2 aromatic rings. The Kier molecular flexibility index (Phi) is 5.21. The van der Waals surface area contributed by atoms with Crippen molar-refractivity contribution in [3.05, 3.63) is 65.7 Å². The summed E-state index contributed by atoms with van der Waals surface area (Å²) < 4.78 is 0. The molecule has 0 bridgehead atoms. The molecular weight excluding hydrogens is 338 g/mol. The van der Waals surface area contributed by atoms with E-state index in [1.807, 2.05) is 59.5 Å². The molecule has 2 fully saturated rings. The van der Waals surface area contributed by atoms with Crippen LogP contribution in [0.4, 0.5) is 5.69 Å². The largest absolute Gasteiger partial charge is 0.352 e. The highest BCUT2D eigenvalue weighted by Gasteiger charge is 2.28. The maximum absolute atomic E-state index is 12.7. The molecule has 0 spiro atoms. The number of carbonyl (C=O) groups excluding carboxylic acids is 2. The lowest BCUT2D eigenvalue weighted by Gasteiger charge is -2.20. The van der Waals surface area contributed by atoms with E-state index < -0.39 is 0 Å². The summed E-state index contributed by atoms with van der Waals surface area (Å²) in [5.74, 6) is 0.227. The quantitative estimate of drug-likeness (QED) is 0.795. The van der Waals surface area contributed by atoms with E-state index in [9.17, 15) is 9.59 Å². The fraction of sp³-hybridized carbons (Fsp3) is 0.364. The zero-order chi connectivity index (χ0) is 18.6. The highest BCUT2D eigenvalue weighted by atomic mass is 16.2. The number of hydrogen-bond acceptors (Lipinski definition) is 3. The second-order valence-corrected chi connectivity index (χ2v) is 7.32. The summed E-state index contributed by atoms with van der Waals surface area (Å²) in [6.07, 6.45) is 3.71. The molecule has 5 heteroatoms. The van der Waals surface area contributed by atoms with E-state index >= 15 is 0 Å². The predicted octanol–water partition coefficient (Wildman–Crippen LogP) is 2.92. The van der Waals surface area contributed by atoms with Crippen LogP contribution >= 0.6 is 0 Å². The van der Waals surface area contributed by atoms with E-state index in [4.69, 9.17) is 0 Å². The van der Waals surface area contributed by atoms with Crippen LogP contribution in [-0.2, 0) is 16.1 Å². The van der Waals surface area contributed by atoms with Gasteiger partial charge in [-0.3, -0.25) is 14.9 Å². The van der Waals surface area contributed by atoms with Crippen LogP contribution in [0.2, 0.25) is 0 Å². The first-order chi connectivity index (χ1) is 13.2. The van der Waals surface area contributed by atoms with Gasteiger partial charge in [0.2, 0.25) is 11.8 Å². The summed E-state index contributed by atoms with van der Waals surface area (Å²) >= 11 is 0. The van der Waals surface area contributed by atoms with Crippen molar-refractivity contribution in [2.45, 2.75) is 44.3 Å². The molecule has 1 aliphatic heterocycles. The number of hydrogen-bond donors (Lipinski definition) is 2. The van der Waals surface area contributed by atoms with Gasteiger partial charge in [-0.2, -0.15) is 0 Å². The second-order valence-electron chi connectivity index (χ2n) is 7.32. The smallest absolute Gasteiger partial charge is 0.241 e. The fourth-order valence-corrected chi connectivity index (χ4v) is 3.45. The van der Waals surface area contributed by atoms with Gasteiger partial charge in [-0.1, -0.05) is 42.5 Å². The highest BCUT2D eigenvalue weighted by Crippen LogP contribution is 2.23. The Hall–Kier alpha value is -2.66. The number of amides is 2. The molecule has 2 N–H and O–H groups in total. The molecule has 2 aliphatic rings. The normalized spacial score (nSPS) is 17.8. The monoisotopic (exact) mass is 363 g/mol. The summed E-state index contributed by atoms with van der Waals surface area (Å²) in [5, 5.41) is 6.48. The first-order valence-corrected chi connectivity index (χ1v) is 9.69. The van der Waals surface area contributed by atoms with Crippen LogP contribution < -0.4 is 15.5 Å². The van der Waals surface area contributed by atoms with E-state index in [1.165, 1.54) is 0 Å². The van der Waals surface area contributed by atoms with Gasteiger partial charge in [0, 0.05) is 31.2 Å². The van der Waals surface area contributed by atoms with Crippen molar-refractivity contribution in [2.75, 3.05) is 11.4 Å². The average molecular weight is 363 g/mol. The summed E-state index contributed by atoms with van der Waals surface area (Å²) in [6.45, 7) is 1.39. The van der Waals surface area contributed by atoms with E-state index in [1.54, 1.807) is 0 Å². The van der Waals surface area contributed by atoms with Gasteiger partial charge in [-0.25, -0.2) is 0 Å². The zero-order valence-corrected chi connectivity index (χ0v) is 15.4. The van der Waals surface area contributed by atoms with Crippen molar-refractivity contribution in [2.24, 2.45) is 0 Å². The van der Waals surface area contributed by atoms with E-state index in [0.717, 1.165) is 42.6 Å². The summed E-state index contributed by atoms with van der Waals surface area (Å²) in [6, 6.07) is 17.8. The Labute approximate surface area is 159 Å². The first-order valence-electron chi connectivity index (χ1n) is 9.69. The van der Waals surface area contributed by atoms with Crippen LogP contribution in [0.5, 0.6) is 0 Å². The maximum atomic E-state index is 12.7. The Bertz CT molecular complexity index is 800. The van der Waals surface area contributed by atoms with Crippen molar-refractivity contribution in [3.63, 3.8) is 0 Å². The molecule has 1 atom stereocenters. The van der Waals surface area contributed by atoms with Crippen molar-refractivity contribution in [1.29, 1.82) is 0 Å². The molecule has 2 aromatic carbocycles. The highest BCUT2D eigenvalue weighted by molar-refractivity contribution is 5.95. The maximum Gasteiger partial charge on any atom is 0.241 e. The van der Waals surface area contributed by atoms with Gasteiger partial charge in [-0.15, -0.1) is 0 Å². The van der Waals surface area contributed by atoms with Crippen molar-refractivity contribution in [3.8, 4) is 0 Å². The SMILES string of the molecule is O=C(NC1CC1)[C@@H](NCc1ccc(N2CCCC2=O)cc1)c1ccccc1. The van der Waals surface area contributed by atoms with Gasteiger partial charge in [-0.05, 0) is 42.5 Å². The molecule has 2 amide bonds. The predicted molar refractivity (Wildman–Crippen MR) is 105 cm³/mol. The lowest BCUT2D eigenvalue weighted by Crippen LogP contribution is -2.38. The first kappa shape index (κ1) is 17.7. The number of carbonyl (C=O) groups is 2.